The van der Waals surface area contributed by atoms with Gasteiger partial charge in [-0.05, 0) is 134 Å². The van der Waals surface area contributed by atoms with E-state index in [9.17, 15) is 0 Å². The highest BCUT2D eigenvalue weighted by atomic mass is 16.5. The zero-order chi connectivity index (χ0) is 26.1. The fraction of sp³-hybridized carbons (Fsp3) is 0.824. The number of hydrogen-bond acceptors (Lipinski definition) is 3. The van der Waals surface area contributed by atoms with Crippen LogP contribution in [0.15, 0.2) is 18.2 Å². The normalized spacial score (nSPS) is 44.9. The van der Waals surface area contributed by atoms with Crippen molar-refractivity contribution in [1.82, 2.24) is 0 Å². The Morgan fingerprint density at radius 1 is 1.00 bits per heavy atom. The average Bonchev–Trinajstić information content (AvgIpc) is 3.21. The van der Waals surface area contributed by atoms with Crippen LogP contribution in [0, 0.1) is 64.1 Å². The van der Waals surface area contributed by atoms with Crippen molar-refractivity contribution in [2.24, 2.45) is 64.1 Å². The molecule has 1 aromatic carbocycles. The van der Waals surface area contributed by atoms with Crippen LogP contribution in [0.4, 0.5) is 11.4 Å². The zero-order valence-electron chi connectivity index (χ0n) is 24.3. The topological polar surface area (TPSA) is 61.3 Å². The van der Waals surface area contributed by atoms with E-state index in [0.29, 0.717) is 28.3 Å². The molecule has 11 unspecified atom stereocenters. The number of nitrogens with two attached hydrogens (primary N) is 2. The van der Waals surface area contributed by atoms with Crippen LogP contribution in [0.5, 0.6) is 5.75 Å². The molecular weight excluding hydrogens is 452 g/mol. The molecule has 206 valence electrons. The van der Waals surface area contributed by atoms with E-state index in [1.807, 2.05) is 18.2 Å². The molecule has 3 heteroatoms. The lowest BCUT2D eigenvalue weighted by Crippen LogP contribution is -2.70. The Hall–Kier alpha value is -1.38. The fourth-order valence-corrected chi connectivity index (χ4v) is 11.8. The summed E-state index contributed by atoms with van der Waals surface area (Å²) in [5, 5.41) is 0. The molecular formula is C34H54N2O. The molecule has 6 rings (SSSR count). The van der Waals surface area contributed by atoms with E-state index in [-0.39, 0.29) is 0 Å². The number of benzene rings is 1. The van der Waals surface area contributed by atoms with Gasteiger partial charge in [-0.3, -0.25) is 0 Å². The van der Waals surface area contributed by atoms with Crippen molar-refractivity contribution in [1.29, 1.82) is 0 Å². The summed E-state index contributed by atoms with van der Waals surface area (Å²) in [4.78, 5) is 0. The molecule has 0 aliphatic heterocycles. The number of anilines is 2. The monoisotopic (exact) mass is 506 g/mol. The molecule has 1 spiro atoms. The van der Waals surface area contributed by atoms with E-state index in [1.54, 1.807) is 0 Å². The van der Waals surface area contributed by atoms with E-state index in [1.165, 1.54) is 70.6 Å². The van der Waals surface area contributed by atoms with E-state index in [0.717, 1.165) is 59.0 Å². The van der Waals surface area contributed by atoms with Gasteiger partial charge < -0.3 is 16.2 Å². The minimum atomic E-state index is 0.306. The van der Waals surface area contributed by atoms with Gasteiger partial charge in [-0.15, -0.1) is 0 Å². The van der Waals surface area contributed by atoms with Gasteiger partial charge in [0.05, 0.1) is 11.8 Å². The van der Waals surface area contributed by atoms with E-state index >= 15 is 0 Å². The van der Waals surface area contributed by atoms with Gasteiger partial charge in [-0.1, -0.05) is 53.9 Å². The van der Waals surface area contributed by atoms with Gasteiger partial charge in [-0.25, -0.2) is 0 Å². The highest BCUT2D eigenvalue weighted by Crippen LogP contribution is 2.79. The molecule has 4 N–H and O–H groups in total. The summed E-state index contributed by atoms with van der Waals surface area (Å²) in [5.41, 5.74) is 14.7. The van der Waals surface area contributed by atoms with Crippen LogP contribution in [0.2, 0.25) is 0 Å². The second-order valence-corrected chi connectivity index (χ2v) is 15.1. The molecule has 3 nitrogen and oxygen atoms in total. The van der Waals surface area contributed by atoms with Crippen LogP contribution in [-0.4, -0.2) is 6.10 Å². The summed E-state index contributed by atoms with van der Waals surface area (Å²) in [5.74, 6) is 9.22. The first kappa shape index (κ1) is 25.9. The lowest BCUT2D eigenvalue weighted by molar-refractivity contribution is -0.276. The molecule has 37 heavy (non-hydrogen) atoms. The molecule has 5 aliphatic carbocycles. The van der Waals surface area contributed by atoms with Gasteiger partial charge in [0, 0.05) is 5.69 Å². The first-order valence-electron chi connectivity index (χ1n) is 16.0. The molecule has 0 amide bonds. The van der Waals surface area contributed by atoms with Crippen molar-refractivity contribution in [3.05, 3.63) is 18.2 Å². The third kappa shape index (κ3) is 3.95. The Labute approximate surface area is 226 Å². The Kier molecular flexibility index (Phi) is 6.55. The van der Waals surface area contributed by atoms with E-state index in [4.69, 9.17) is 16.2 Å². The number of fused-ring (bicyclic) bond motifs is 2. The predicted molar refractivity (Wildman–Crippen MR) is 155 cm³/mol. The lowest BCUT2D eigenvalue weighted by atomic mass is 9.29. The first-order chi connectivity index (χ1) is 17.6. The van der Waals surface area contributed by atoms with Gasteiger partial charge in [0.2, 0.25) is 0 Å². The number of nitrogen functional groups attached to an aromatic ring is 2. The summed E-state index contributed by atoms with van der Waals surface area (Å²) >= 11 is 0. The molecule has 0 bridgehead atoms. The third-order valence-electron chi connectivity index (χ3n) is 13.2. The van der Waals surface area contributed by atoms with Gasteiger partial charge in [0.1, 0.15) is 5.75 Å². The molecule has 1 aromatic rings. The van der Waals surface area contributed by atoms with Crippen LogP contribution >= 0.6 is 0 Å². The summed E-state index contributed by atoms with van der Waals surface area (Å²) in [6.07, 6.45) is 15.8. The van der Waals surface area contributed by atoms with Gasteiger partial charge in [0.25, 0.3) is 0 Å². The largest absolute Gasteiger partial charge is 0.488 e. The van der Waals surface area contributed by atoms with E-state index in [2.05, 4.69) is 34.6 Å². The second-order valence-electron chi connectivity index (χ2n) is 15.1. The number of ether oxygens (including phenoxy) is 1. The Morgan fingerprint density at radius 3 is 2.57 bits per heavy atom. The van der Waals surface area contributed by atoms with Crippen LogP contribution in [-0.2, 0) is 0 Å². The van der Waals surface area contributed by atoms with Crippen LogP contribution in [0.3, 0.4) is 0 Å². The van der Waals surface area contributed by atoms with Crippen LogP contribution in [0.1, 0.15) is 105 Å². The maximum absolute atomic E-state index is 6.52. The molecule has 0 radical (unpaired) electrons. The smallest absolute Gasteiger partial charge is 0.142 e. The van der Waals surface area contributed by atoms with Crippen molar-refractivity contribution in [2.45, 2.75) is 111 Å². The molecule has 0 heterocycles. The number of hydrogen-bond donors (Lipinski definition) is 2. The van der Waals surface area contributed by atoms with E-state index < -0.39 is 0 Å². The highest BCUT2D eigenvalue weighted by molar-refractivity contribution is 5.60. The second kappa shape index (κ2) is 9.37. The number of rotatable bonds is 7. The van der Waals surface area contributed by atoms with Crippen LogP contribution in [0.25, 0.3) is 0 Å². The summed E-state index contributed by atoms with van der Waals surface area (Å²) in [6.45, 7) is 12.8. The summed E-state index contributed by atoms with van der Waals surface area (Å²) in [7, 11) is 0. The summed E-state index contributed by atoms with van der Waals surface area (Å²) < 4.78 is 6.52. The van der Waals surface area contributed by atoms with Gasteiger partial charge in [0.15, 0.2) is 0 Å². The quantitative estimate of drug-likeness (QED) is 0.364. The molecule has 0 aromatic heterocycles. The highest BCUT2D eigenvalue weighted by Gasteiger charge is 2.72. The fourth-order valence-electron chi connectivity index (χ4n) is 11.8. The third-order valence-corrected chi connectivity index (χ3v) is 13.2. The maximum atomic E-state index is 6.52. The van der Waals surface area contributed by atoms with Crippen molar-refractivity contribution in [2.75, 3.05) is 11.5 Å². The van der Waals surface area contributed by atoms with Crippen molar-refractivity contribution >= 4 is 11.4 Å². The minimum absolute atomic E-state index is 0.306. The Balaban J connectivity index is 1.16. The first-order valence-corrected chi connectivity index (χ1v) is 16.0. The molecule has 5 saturated carbocycles. The van der Waals surface area contributed by atoms with Crippen molar-refractivity contribution < 1.29 is 4.74 Å². The summed E-state index contributed by atoms with van der Waals surface area (Å²) in [6, 6.07) is 5.72. The molecule has 5 fully saturated rings. The molecule has 5 aliphatic rings. The van der Waals surface area contributed by atoms with Crippen molar-refractivity contribution in [3.63, 3.8) is 0 Å². The Bertz CT molecular complexity index is 990. The lowest BCUT2D eigenvalue weighted by Gasteiger charge is -2.75. The van der Waals surface area contributed by atoms with Crippen molar-refractivity contribution in [3.8, 4) is 5.75 Å². The van der Waals surface area contributed by atoms with Crippen LogP contribution < -0.4 is 16.2 Å². The molecule has 11 atom stereocenters. The Morgan fingerprint density at radius 2 is 1.81 bits per heavy atom. The standard InChI is InChI=1S/C34H54N2O/c1-20(2)7-6-8-21(3)28-12-13-29-26-11-9-23-17-25(37-31-14-10-24(35)18-30(31)36)15-16-34(23)22(4)27(32(26)34)19-33(28,29)5/h10,14,18,20-23,25-29,32H,6-9,11-13,15-17,19,35-36H2,1-5H3. The molecule has 0 saturated heterocycles. The SMILES string of the molecule is CC(C)CCCC(C)C1CCC2C3CCC4CC(Oc5ccc(N)cc5N)CCC45C(C)C(CC12C)C35. The zero-order valence-corrected chi connectivity index (χ0v) is 24.3. The maximum Gasteiger partial charge on any atom is 0.142 e. The average molecular weight is 507 g/mol. The van der Waals surface area contributed by atoms with Gasteiger partial charge >= 0.3 is 0 Å². The van der Waals surface area contributed by atoms with Gasteiger partial charge in [-0.2, -0.15) is 0 Å². The minimum Gasteiger partial charge on any atom is -0.488 e. The predicted octanol–water partition coefficient (Wildman–Crippen LogP) is 8.58.